The summed E-state index contributed by atoms with van der Waals surface area (Å²) < 4.78 is 10.7. The van der Waals surface area contributed by atoms with E-state index < -0.39 is 0 Å². The Bertz CT molecular complexity index is 1230. The standard InChI is InChI=1S/C21H20N4O4/c1-25(12-18(26)22-13-7-9-14(28-2)10-8-13)11-17-23-19-15-5-3-4-6-16(15)29-20(19)21(27)24-17/h3-10H,11-12H2,1-2H3,(H,22,26)(H,23,24,27). The number of nitrogens with zero attached hydrogens (tertiary/aromatic N) is 2. The Morgan fingerprint density at radius 2 is 1.97 bits per heavy atom. The number of aromatic amines is 1. The minimum atomic E-state index is -0.336. The Kier molecular flexibility index (Phi) is 5.01. The minimum Gasteiger partial charge on any atom is -0.497 e. The molecule has 0 aliphatic carbocycles. The van der Waals surface area contributed by atoms with Gasteiger partial charge in [0.1, 0.15) is 22.7 Å². The molecule has 148 valence electrons. The smallest absolute Gasteiger partial charge is 0.294 e. The number of nitrogens with one attached hydrogen (secondary N) is 2. The highest BCUT2D eigenvalue weighted by molar-refractivity contribution is 6.01. The average Bonchev–Trinajstić information content (AvgIpc) is 3.08. The molecule has 0 unspecified atom stereocenters. The largest absolute Gasteiger partial charge is 0.497 e. The maximum Gasteiger partial charge on any atom is 0.294 e. The first-order chi connectivity index (χ1) is 14.0. The highest BCUT2D eigenvalue weighted by atomic mass is 16.5. The fourth-order valence-electron chi connectivity index (χ4n) is 3.15. The molecule has 29 heavy (non-hydrogen) atoms. The van der Waals surface area contributed by atoms with Gasteiger partial charge in [-0.1, -0.05) is 12.1 Å². The van der Waals surface area contributed by atoms with Crippen molar-refractivity contribution >= 4 is 33.7 Å². The molecule has 0 saturated heterocycles. The van der Waals surface area contributed by atoms with E-state index in [4.69, 9.17) is 9.15 Å². The number of para-hydroxylation sites is 1. The van der Waals surface area contributed by atoms with Gasteiger partial charge in [-0.05, 0) is 43.4 Å². The van der Waals surface area contributed by atoms with Crippen molar-refractivity contribution in [1.29, 1.82) is 0 Å². The summed E-state index contributed by atoms with van der Waals surface area (Å²) in [6.07, 6.45) is 0. The topological polar surface area (TPSA) is 100 Å². The maximum atomic E-state index is 12.4. The number of anilines is 1. The molecule has 4 rings (SSSR count). The van der Waals surface area contributed by atoms with E-state index >= 15 is 0 Å². The maximum absolute atomic E-state index is 12.4. The summed E-state index contributed by atoms with van der Waals surface area (Å²) >= 11 is 0. The van der Waals surface area contributed by atoms with Crippen LogP contribution in [0.2, 0.25) is 0 Å². The second-order valence-corrected chi connectivity index (χ2v) is 6.74. The van der Waals surface area contributed by atoms with Crippen molar-refractivity contribution in [2.45, 2.75) is 6.54 Å². The van der Waals surface area contributed by atoms with Gasteiger partial charge in [0.05, 0.1) is 20.2 Å². The van der Waals surface area contributed by atoms with E-state index in [1.54, 1.807) is 49.4 Å². The zero-order valence-electron chi connectivity index (χ0n) is 16.1. The van der Waals surface area contributed by atoms with Crippen LogP contribution in [-0.2, 0) is 11.3 Å². The Hall–Kier alpha value is -3.65. The van der Waals surface area contributed by atoms with E-state index in [-0.39, 0.29) is 23.6 Å². The van der Waals surface area contributed by atoms with Gasteiger partial charge >= 0.3 is 0 Å². The van der Waals surface area contributed by atoms with Crippen molar-refractivity contribution in [1.82, 2.24) is 14.9 Å². The molecule has 1 amide bonds. The number of hydrogen-bond donors (Lipinski definition) is 2. The molecule has 4 aromatic rings. The highest BCUT2D eigenvalue weighted by Gasteiger charge is 2.15. The number of methoxy groups -OCH3 is 1. The van der Waals surface area contributed by atoms with Gasteiger partial charge in [-0.15, -0.1) is 0 Å². The quantitative estimate of drug-likeness (QED) is 0.523. The molecule has 2 heterocycles. The van der Waals surface area contributed by atoms with Crippen LogP contribution in [0.3, 0.4) is 0 Å². The van der Waals surface area contributed by atoms with Crippen LogP contribution < -0.4 is 15.6 Å². The van der Waals surface area contributed by atoms with Crippen molar-refractivity contribution in [3.8, 4) is 5.75 Å². The molecule has 8 nitrogen and oxygen atoms in total. The molecular formula is C21H20N4O4. The first kappa shape index (κ1) is 18.7. The number of H-pyrrole nitrogens is 1. The van der Waals surface area contributed by atoms with Gasteiger partial charge in [-0.25, -0.2) is 4.98 Å². The van der Waals surface area contributed by atoms with E-state index in [0.29, 0.717) is 29.2 Å². The lowest BCUT2D eigenvalue weighted by Crippen LogP contribution is -2.31. The number of carbonyl (C=O) groups excluding carboxylic acids is 1. The molecule has 0 fully saturated rings. The van der Waals surface area contributed by atoms with Gasteiger partial charge in [0.25, 0.3) is 5.56 Å². The van der Waals surface area contributed by atoms with Gasteiger partial charge in [0.15, 0.2) is 0 Å². The van der Waals surface area contributed by atoms with Crippen LogP contribution in [0, 0.1) is 0 Å². The summed E-state index contributed by atoms with van der Waals surface area (Å²) in [6, 6.07) is 14.5. The minimum absolute atomic E-state index is 0.139. The summed E-state index contributed by atoms with van der Waals surface area (Å²) in [6.45, 7) is 0.445. The van der Waals surface area contributed by atoms with Gasteiger partial charge in [0, 0.05) is 11.1 Å². The van der Waals surface area contributed by atoms with Gasteiger partial charge in [0.2, 0.25) is 11.5 Å². The predicted octanol–water partition coefficient (Wildman–Crippen LogP) is 2.75. The Morgan fingerprint density at radius 3 is 2.72 bits per heavy atom. The van der Waals surface area contributed by atoms with Crippen LogP contribution in [0.4, 0.5) is 5.69 Å². The number of carbonyl (C=O) groups is 1. The van der Waals surface area contributed by atoms with Crippen LogP contribution in [0.5, 0.6) is 5.75 Å². The number of aromatic nitrogens is 2. The van der Waals surface area contributed by atoms with Crippen molar-refractivity contribution in [2.24, 2.45) is 0 Å². The number of rotatable bonds is 6. The number of likely N-dealkylation sites (N-methyl/N-ethyl adjacent to an activating group) is 1. The Labute approximate surface area is 166 Å². The third kappa shape index (κ3) is 3.97. The summed E-state index contributed by atoms with van der Waals surface area (Å²) in [5, 5.41) is 3.61. The van der Waals surface area contributed by atoms with Crippen LogP contribution in [0.25, 0.3) is 22.1 Å². The first-order valence-corrected chi connectivity index (χ1v) is 9.06. The van der Waals surface area contributed by atoms with Crippen molar-refractivity contribution in [3.05, 3.63) is 64.7 Å². The average molecular weight is 392 g/mol. The monoisotopic (exact) mass is 392 g/mol. The summed E-state index contributed by atoms with van der Waals surface area (Å²) in [7, 11) is 3.37. The Balaban J connectivity index is 1.46. The molecule has 2 N–H and O–H groups in total. The number of amides is 1. The molecule has 0 saturated carbocycles. The van der Waals surface area contributed by atoms with E-state index in [2.05, 4.69) is 15.3 Å². The van der Waals surface area contributed by atoms with Gasteiger partial charge in [-0.3, -0.25) is 14.5 Å². The second-order valence-electron chi connectivity index (χ2n) is 6.74. The highest BCUT2D eigenvalue weighted by Crippen LogP contribution is 2.24. The van der Waals surface area contributed by atoms with E-state index in [9.17, 15) is 9.59 Å². The zero-order valence-corrected chi connectivity index (χ0v) is 16.1. The molecule has 0 aliphatic heterocycles. The molecule has 2 aromatic carbocycles. The van der Waals surface area contributed by atoms with Crippen LogP contribution in [-0.4, -0.2) is 41.5 Å². The number of fused-ring (bicyclic) bond motifs is 3. The third-order valence-corrected chi connectivity index (χ3v) is 4.49. The molecule has 0 bridgehead atoms. The first-order valence-electron chi connectivity index (χ1n) is 9.06. The van der Waals surface area contributed by atoms with E-state index in [0.717, 1.165) is 11.1 Å². The van der Waals surface area contributed by atoms with Gasteiger partial charge < -0.3 is 19.5 Å². The molecule has 0 atom stereocenters. The number of benzene rings is 2. The zero-order chi connectivity index (χ0) is 20.4. The fraction of sp³-hybridized carbons (Fsp3) is 0.190. The fourth-order valence-corrected chi connectivity index (χ4v) is 3.15. The SMILES string of the molecule is COc1ccc(NC(=O)CN(C)Cc2nc3c(oc4ccccc43)c(=O)[nH]2)cc1. The number of ether oxygens (including phenoxy) is 1. The van der Waals surface area contributed by atoms with Crippen LogP contribution >= 0.6 is 0 Å². The van der Waals surface area contributed by atoms with E-state index in [1.807, 2.05) is 18.2 Å². The molecule has 8 heteroatoms. The second kappa shape index (κ2) is 7.76. The van der Waals surface area contributed by atoms with E-state index in [1.165, 1.54) is 0 Å². The molecule has 2 aromatic heterocycles. The van der Waals surface area contributed by atoms with Crippen molar-refractivity contribution in [2.75, 3.05) is 26.0 Å². The third-order valence-electron chi connectivity index (χ3n) is 4.49. The Morgan fingerprint density at radius 1 is 1.21 bits per heavy atom. The summed E-state index contributed by atoms with van der Waals surface area (Å²) in [5.41, 5.74) is 1.69. The lowest BCUT2D eigenvalue weighted by Gasteiger charge is -2.15. The molecular weight excluding hydrogens is 372 g/mol. The normalized spacial score (nSPS) is 11.3. The molecule has 0 aliphatic rings. The number of furan rings is 1. The van der Waals surface area contributed by atoms with Gasteiger partial charge in [-0.2, -0.15) is 0 Å². The van der Waals surface area contributed by atoms with Crippen molar-refractivity contribution < 1.29 is 13.9 Å². The summed E-state index contributed by atoms with van der Waals surface area (Å²) in [5.74, 6) is 1.01. The lowest BCUT2D eigenvalue weighted by atomic mass is 10.2. The molecule has 0 spiro atoms. The number of hydrogen-bond acceptors (Lipinski definition) is 6. The lowest BCUT2D eigenvalue weighted by molar-refractivity contribution is -0.117. The molecule has 0 radical (unpaired) electrons. The summed E-state index contributed by atoms with van der Waals surface area (Å²) in [4.78, 5) is 33.7. The van der Waals surface area contributed by atoms with Crippen LogP contribution in [0.1, 0.15) is 5.82 Å². The van der Waals surface area contributed by atoms with Crippen molar-refractivity contribution in [3.63, 3.8) is 0 Å². The predicted molar refractivity (Wildman–Crippen MR) is 110 cm³/mol. The van der Waals surface area contributed by atoms with Crippen LogP contribution in [0.15, 0.2) is 57.7 Å².